The molecule has 0 atom stereocenters. The highest BCUT2D eigenvalue weighted by atomic mass is 32.1. The monoisotopic (exact) mass is 395 g/mol. The van der Waals surface area contributed by atoms with Gasteiger partial charge in [-0.05, 0) is 36.2 Å². The molecule has 0 saturated carbocycles. The van der Waals surface area contributed by atoms with Crippen molar-refractivity contribution in [1.29, 1.82) is 0 Å². The zero-order chi connectivity index (χ0) is 19.5. The second-order valence-electron chi connectivity index (χ2n) is 6.29. The molecule has 2 aromatic carbocycles. The van der Waals surface area contributed by atoms with E-state index < -0.39 is 0 Å². The van der Waals surface area contributed by atoms with E-state index in [2.05, 4.69) is 15.3 Å². The first kappa shape index (κ1) is 18.2. The van der Waals surface area contributed by atoms with E-state index in [-0.39, 0.29) is 11.7 Å². The van der Waals surface area contributed by atoms with Crippen molar-refractivity contribution >= 4 is 33.3 Å². The fraction of sp³-hybridized carbons (Fsp3) is 0.143. The summed E-state index contributed by atoms with van der Waals surface area (Å²) in [5.41, 5.74) is 3.29. The number of aromatic amines is 1. The van der Waals surface area contributed by atoms with E-state index in [0.717, 1.165) is 16.5 Å². The molecule has 0 aliphatic carbocycles. The SMILES string of the molecule is COc1ccc(F)cc1-c1csc(NC(=O)CCc2c[nH]c3ccccc23)n1. The lowest BCUT2D eigenvalue weighted by molar-refractivity contribution is -0.116. The molecule has 28 heavy (non-hydrogen) atoms. The van der Waals surface area contributed by atoms with Gasteiger partial charge in [-0.15, -0.1) is 11.3 Å². The summed E-state index contributed by atoms with van der Waals surface area (Å²) in [5, 5.41) is 6.20. The third-order valence-corrected chi connectivity index (χ3v) is 5.24. The third-order valence-electron chi connectivity index (χ3n) is 4.48. The molecular weight excluding hydrogens is 377 g/mol. The number of nitrogens with zero attached hydrogens (tertiary/aromatic N) is 1. The van der Waals surface area contributed by atoms with Gasteiger partial charge in [0.1, 0.15) is 11.6 Å². The van der Waals surface area contributed by atoms with E-state index in [1.54, 1.807) is 11.4 Å². The maximum Gasteiger partial charge on any atom is 0.226 e. The Morgan fingerprint density at radius 3 is 3.00 bits per heavy atom. The van der Waals surface area contributed by atoms with Crippen LogP contribution in [0, 0.1) is 5.82 Å². The number of aromatic nitrogens is 2. The van der Waals surface area contributed by atoms with Crippen LogP contribution < -0.4 is 10.1 Å². The third kappa shape index (κ3) is 3.75. The average Bonchev–Trinajstić information content (AvgIpc) is 3.33. The number of para-hydroxylation sites is 1. The smallest absolute Gasteiger partial charge is 0.226 e. The first-order chi connectivity index (χ1) is 13.6. The maximum atomic E-state index is 13.6. The zero-order valence-corrected chi connectivity index (χ0v) is 16.0. The van der Waals surface area contributed by atoms with Crippen molar-refractivity contribution in [2.24, 2.45) is 0 Å². The second-order valence-corrected chi connectivity index (χ2v) is 7.15. The molecule has 0 aliphatic heterocycles. The summed E-state index contributed by atoms with van der Waals surface area (Å²) in [6, 6.07) is 12.3. The van der Waals surface area contributed by atoms with E-state index in [1.807, 2.05) is 30.5 Å². The number of carbonyl (C=O) groups is 1. The fourth-order valence-corrected chi connectivity index (χ4v) is 3.83. The van der Waals surface area contributed by atoms with Crippen molar-refractivity contribution in [2.75, 3.05) is 12.4 Å². The molecule has 2 heterocycles. The molecule has 0 spiro atoms. The van der Waals surface area contributed by atoms with E-state index in [4.69, 9.17) is 4.74 Å². The Kier molecular flexibility index (Phi) is 5.08. The standard InChI is InChI=1S/C21H18FN3O2S/c1-27-19-8-7-14(22)10-16(19)18-12-28-21(24-18)25-20(26)9-6-13-11-23-17-5-3-2-4-15(13)17/h2-5,7-8,10-12,23H,6,9H2,1H3,(H,24,25,26). The highest BCUT2D eigenvalue weighted by Crippen LogP contribution is 2.32. The lowest BCUT2D eigenvalue weighted by atomic mass is 10.1. The van der Waals surface area contributed by atoms with Gasteiger partial charge in [-0.2, -0.15) is 0 Å². The van der Waals surface area contributed by atoms with Gasteiger partial charge in [0.05, 0.1) is 12.8 Å². The van der Waals surface area contributed by atoms with Gasteiger partial charge in [0.15, 0.2) is 5.13 Å². The van der Waals surface area contributed by atoms with Gasteiger partial charge in [-0.1, -0.05) is 18.2 Å². The number of anilines is 1. The van der Waals surface area contributed by atoms with Crippen molar-refractivity contribution in [2.45, 2.75) is 12.8 Å². The molecule has 7 heteroatoms. The number of hydrogen-bond acceptors (Lipinski definition) is 4. The van der Waals surface area contributed by atoms with Crippen LogP contribution in [0.3, 0.4) is 0 Å². The average molecular weight is 395 g/mol. The Balaban J connectivity index is 1.42. The topological polar surface area (TPSA) is 67.0 Å². The van der Waals surface area contributed by atoms with Crippen molar-refractivity contribution in [3.8, 4) is 17.0 Å². The quantitative estimate of drug-likeness (QED) is 0.482. The molecule has 0 bridgehead atoms. The Morgan fingerprint density at radius 2 is 2.14 bits per heavy atom. The summed E-state index contributed by atoms with van der Waals surface area (Å²) >= 11 is 1.30. The number of fused-ring (bicyclic) bond motifs is 1. The number of nitrogens with one attached hydrogen (secondary N) is 2. The van der Waals surface area contributed by atoms with Gasteiger partial charge in [0, 0.05) is 34.5 Å². The van der Waals surface area contributed by atoms with Crippen LogP contribution in [0.2, 0.25) is 0 Å². The molecule has 0 saturated heterocycles. The molecule has 4 aromatic rings. The maximum absolute atomic E-state index is 13.6. The number of halogens is 1. The summed E-state index contributed by atoms with van der Waals surface area (Å²) in [5.74, 6) is 0.0504. The van der Waals surface area contributed by atoms with Crippen molar-refractivity contribution < 1.29 is 13.9 Å². The second kappa shape index (κ2) is 7.82. The van der Waals surface area contributed by atoms with Gasteiger partial charge in [-0.25, -0.2) is 9.37 Å². The van der Waals surface area contributed by atoms with Crippen LogP contribution >= 0.6 is 11.3 Å². The first-order valence-corrected chi connectivity index (χ1v) is 9.66. The molecule has 5 nitrogen and oxygen atoms in total. The lowest BCUT2D eigenvalue weighted by Crippen LogP contribution is -2.12. The van der Waals surface area contributed by atoms with Gasteiger partial charge < -0.3 is 15.0 Å². The minimum atomic E-state index is -0.367. The largest absolute Gasteiger partial charge is 0.496 e. The number of carbonyl (C=O) groups excluding carboxylic acids is 1. The van der Waals surface area contributed by atoms with Crippen LogP contribution in [0.25, 0.3) is 22.2 Å². The summed E-state index contributed by atoms with van der Waals surface area (Å²) < 4.78 is 18.8. The van der Waals surface area contributed by atoms with E-state index in [0.29, 0.717) is 35.0 Å². The summed E-state index contributed by atoms with van der Waals surface area (Å²) in [6.45, 7) is 0. The summed E-state index contributed by atoms with van der Waals surface area (Å²) in [7, 11) is 1.52. The number of aryl methyl sites for hydroxylation is 1. The minimum absolute atomic E-state index is 0.114. The number of rotatable bonds is 6. The van der Waals surface area contributed by atoms with Crippen LogP contribution in [0.15, 0.2) is 54.0 Å². The Bertz CT molecular complexity index is 1140. The van der Waals surface area contributed by atoms with Gasteiger partial charge in [-0.3, -0.25) is 4.79 Å². The van der Waals surface area contributed by atoms with Crippen LogP contribution in [0.1, 0.15) is 12.0 Å². The van der Waals surface area contributed by atoms with Crippen LogP contribution in [0.4, 0.5) is 9.52 Å². The molecule has 4 rings (SSSR count). The molecule has 1 amide bonds. The lowest BCUT2D eigenvalue weighted by Gasteiger charge is -2.06. The molecule has 2 aromatic heterocycles. The van der Waals surface area contributed by atoms with E-state index >= 15 is 0 Å². The Morgan fingerprint density at radius 1 is 1.29 bits per heavy atom. The molecule has 2 N–H and O–H groups in total. The number of benzene rings is 2. The molecule has 0 fully saturated rings. The summed E-state index contributed by atoms with van der Waals surface area (Å²) in [6.07, 6.45) is 2.92. The molecule has 0 radical (unpaired) electrons. The number of amides is 1. The van der Waals surface area contributed by atoms with Gasteiger partial charge in [0.25, 0.3) is 0 Å². The van der Waals surface area contributed by atoms with Crippen molar-refractivity contribution in [3.05, 3.63) is 65.4 Å². The Labute approximate surface area is 165 Å². The van der Waals surface area contributed by atoms with E-state index in [9.17, 15) is 9.18 Å². The van der Waals surface area contributed by atoms with Gasteiger partial charge in [0.2, 0.25) is 5.91 Å². The van der Waals surface area contributed by atoms with Crippen molar-refractivity contribution in [3.63, 3.8) is 0 Å². The highest BCUT2D eigenvalue weighted by Gasteiger charge is 2.13. The number of methoxy groups -OCH3 is 1. The highest BCUT2D eigenvalue weighted by molar-refractivity contribution is 7.14. The van der Waals surface area contributed by atoms with Crippen LogP contribution in [-0.2, 0) is 11.2 Å². The summed E-state index contributed by atoms with van der Waals surface area (Å²) in [4.78, 5) is 19.9. The fourth-order valence-electron chi connectivity index (χ4n) is 3.10. The number of ether oxygens (including phenoxy) is 1. The minimum Gasteiger partial charge on any atom is -0.496 e. The zero-order valence-electron chi connectivity index (χ0n) is 15.2. The predicted molar refractivity (Wildman–Crippen MR) is 109 cm³/mol. The molecular formula is C21H18FN3O2S. The number of H-pyrrole nitrogens is 1. The normalized spacial score (nSPS) is 10.9. The predicted octanol–water partition coefficient (Wildman–Crippen LogP) is 5.01. The first-order valence-electron chi connectivity index (χ1n) is 8.78. The number of thiazole rings is 1. The molecule has 0 unspecified atom stereocenters. The number of hydrogen-bond donors (Lipinski definition) is 2. The van der Waals surface area contributed by atoms with E-state index in [1.165, 1.54) is 30.6 Å². The van der Waals surface area contributed by atoms with Crippen LogP contribution in [-0.4, -0.2) is 23.0 Å². The van der Waals surface area contributed by atoms with Gasteiger partial charge >= 0.3 is 0 Å². The molecule has 0 aliphatic rings. The molecule has 142 valence electrons. The Hall–Kier alpha value is -3.19. The van der Waals surface area contributed by atoms with Crippen LogP contribution in [0.5, 0.6) is 5.75 Å². The van der Waals surface area contributed by atoms with Crippen molar-refractivity contribution in [1.82, 2.24) is 9.97 Å².